The molecule has 0 amide bonds. The van der Waals surface area contributed by atoms with E-state index in [-0.39, 0.29) is 5.41 Å². The zero-order valence-electron chi connectivity index (χ0n) is 30.1. The van der Waals surface area contributed by atoms with Gasteiger partial charge in [-0.2, -0.15) is 0 Å². The van der Waals surface area contributed by atoms with E-state index in [2.05, 4.69) is 156 Å². The van der Waals surface area contributed by atoms with Gasteiger partial charge in [0.2, 0.25) is 0 Å². The molecule has 3 heteroatoms. The molecule has 52 heavy (non-hydrogen) atoms. The lowest BCUT2D eigenvalue weighted by molar-refractivity contribution is 0.0895. The molecule has 0 saturated carbocycles. The molecule has 11 rings (SSSR count). The zero-order chi connectivity index (χ0) is 34.2. The molecular formula is C49H49NS2. The van der Waals surface area contributed by atoms with E-state index in [9.17, 15) is 0 Å². The fourth-order valence-electron chi connectivity index (χ4n) is 11.8. The van der Waals surface area contributed by atoms with Gasteiger partial charge in [0.05, 0.1) is 11.0 Å². The first kappa shape index (κ1) is 32.1. The summed E-state index contributed by atoms with van der Waals surface area (Å²) in [7, 11) is 0. The van der Waals surface area contributed by atoms with Crippen molar-refractivity contribution in [1.82, 2.24) is 4.57 Å². The molecule has 2 aliphatic heterocycles. The average molecular weight is 716 g/mol. The van der Waals surface area contributed by atoms with Gasteiger partial charge in [0.25, 0.3) is 0 Å². The molecule has 2 aromatic carbocycles. The SMILES string of the molecule is C1=CC2S[C@@H]3C=C(C4=CCCCC4)C=CC3C3(C4=CCCCC4SC4C(c5ccc6c(c5)c5ccccc5n6C5=CCCC=C5)CC=CC43)C2C=C1. The third-order valence-corrected chi connectivity index (χ3v) is 17.2. The summed E-state index contributed by atoms with van der Waals surface area (Å²) < 4.78 is 2.51. The van der Waals surface area contributed by atoms with Gasteiger partial charge in [-0.15, -0.1) is 23.5 Å². The summed E-state index contributed by atoms with van der Waals surface area (Å²) in [5.74, 6) is 2.01. The van der Waals surface area contributed by atoms with Crippen LogP contribution in [-0.2, 0) is 0 Å². The number of hydrogen-bond acceptors (Lipinski definition) is 2. The summed E-state index contributed by atoms with van der Waals surface area (Å²) in [6.45, 7) is 0. The number of thioether (sulfide) groups is 2. The third-order valence-electron chi connectivity index (χ3n) is 13.9. The first-order valence-corrected chi connectivity index (χ1v) is 22.2. The molecule has 0 N–H and O–H groups in total. The standard InChI is InChI=1S/C49H49NS2/c1-3-14-32(15-4-1)33-26-28-41-47(31-33)51-45-24-11-8-20-39(45)49(41)40-21-9-12-25-46(40)52-48-36(19-13-22-42(48)49)34-27-29-44-38(30-34)37-18-7-10-23-43(37)50(44)35-16-5-2-6-17-35/h5,7-8,10-11,13-14,16-18,20-24,26-31,36,39,41-42,45-48H,1-4,6,9,12,15,19,25H2/t36?,39?,41?,42?,45?,46?,47-,48?,49?/m1/s1. The maximum Gasteiger partial charge on any atom is 0.0541 e. The summed E-state index contributed by atoms with van der Waals surface area (Å²) in [5, 5.41) is 4.98. The predicted octanol–water partition coefficient (Wildman–Crippen LogP) is 13.1. The molecule has 9 atom stereocenters. The van der Waals surface area contributed by atoms with Crippen molar-refractivity contribution in [2.24, 2.45) is 23.2 Å². The number of para-hydroxylation sites is 1. The van der Waals surface area contributed by atoms with Crippen molar-refractivity contribution in [2.75, 3.05) is 0 Å². The highest BCUT2D eigenvalue weighted by Gasteiger charge is 2.64. The van der Waals surface area contributed by atoms with Gasteiger partial charge in [0, 0.05) is 54.7 Å². The van der Waals surface area contributed by atoms with Crippen molar-refractivity contribution in [3.63, 3.8) is 0 Å². The lowest BCUT2D eigenvalue weighted by Crippen LogP contribution is -2.61. The Labute approximate surface area is 318 Å². The summed E-state index contributed by atoms with van der Waals surface area (Å²) in [6.07, 6.45) is 48.2. The van der Waals surface area contributed by atoms with Crippen molar-refractivity contribution in [2.45, 2.75) is 91.1 Å². The topological polar surface area (TPSA) is 4.93 Å². The Bertz CT molecular complexity index is 2230. The Morgan fingerprint density at radius 2 is 1.60 bits per heavy atom. The minimum absolute atomic E-state index is 0.0947. The second-order valence-electron chi connectivity index (χ2n) is 16.5. The van der Waals surface area contributed by atoms with Crippen molar-refractivity contribution in [1.29, 1.82) is 0 Å². The third kappa shape index (κ3) is 4.83. The highest BCUT2D eigenvalue weighted by Crippen LogP contribution is 2.70. The Morgan fingerprint density at radius 1 is 0.692 bits per heavy atom. The maximum absolute atomic E-state index is 2.76. The summed E-state index contributed by atoms with van der Waals surface area (Å²) in [5.41, 5.74) is 10.6. The minimum Gasteiger partial charge on any atom is -0.310 e. The number of allylic oxidation sites excluding steroid dienone is 15. The molecule has 0 bridgehead atoms. The van der Waals surface area contributed by atoms with E-state index in [1.165, 1.54) is 83.6 Å². The van der Waals surface area contributed by atoms with Crippen molar-refractivity contribution in [3.05, 3.63) is 150 Å². The van der Waals surface area contributed by atoms with Gasteiger partial charge in [-0.1, -0.05) is 109 Å². The van der Waals surface area contributed by atoms with Crippen molar-refractivity contribution in [3.8, 4) is 0 Å². The Balaban J connectivity index is 1.05. The van der Waals surface area contributed by atoms with Crippen molar-refractivity contribution < 1.29 is 0 Å². The Kier molecular flexibility index (Phi) is 7.94. The van der Waals surface area contributed by atoms with Crippen LogP contribution in [0.25, 0.3) is 27.5 Å². The van der Waals surface area contributed by atoms with Gasteiger partial charge in [0.15, 0.2) is 0 Å². The van der Waals surface area contributed by atoms with E-state index in [1.807, 2.05) is 5.57 Å². The molecule has 8 aliphatic rings. The molecule has 1 spiro atoms. The first-order chi connectivity index (χ1) is 25.8. The van der Waals surface area contributed by atoms with E-state index in [1.54, 1.807) is 5.57 Å². The number of nitrogens with zero attached hydrogens (tertiary/aromatic N) is 1. The number of fused-ring (bicyclic) bond motifs is 11. The van der Waals surface area contributed by atoms with Crippen LogP contribution in [0.2, 0.25) is 0 Å². The number of benzene rings is 2. The van der Waals surface area contributed by atoms with E-state index in [4.69, 9.17) is 0 Å². The fourth-order valence-corrected chi connectivity index (χ4v) is 15.6. The fraction of sp³-hybridized carbons (Fsp3) is 0.388. The second kappa shape index (κ2) is 12.9. The molecule has 3 heterocycles. The predicted molar refractivity (Wildman–Crippen MR) is 226 cm³/mol. The highest BCUT2D eigenvalue weighted by molar-refractivity contribution is 8.01. The molecule has 262 valence electrons. The smallest absolute Gasteiger partial charge is 0.0541 e. The maximum atomic E-state index is 2.76. The molecule has 3 aromatic rings. The van der Waals surface area contributed by atoms with E-state index in [0.717, 1.165) is 19.3 Å². The van der Waals surface area contributed by atoms with Crippen LogP contribution in [-0.4, -0.2) is 25.6 Å². The van der Waals surface area contributed by atoms with Gasteiger partial charge in [-0.05, 0) is 117 Å². The molecule has 2 fully saturated rings. The van der Waals surface area contributed by atoms with E-state index in [0.29, 0.717) is 44.7 Å². The van der Waals surface area contributed by atoms with Gasteiger partial charge >= 0.3 is 0 Å². The largest absolute Gasteiger partial charge is 0.310 e. The number of hydrogen-bond donors (Lipinski definition) is 0. The summed E-state index contributed by atoms with van der Waals surface area (Å²) in [6, 6.07) is 16.7. The lowest BCUT2D eigenvalue weighted by atomic mass is 9.49. The Morgan fingerprint density at radius 3 is 2.52 bits per heavy atom. The summed E-state index contributed by atoms with van der Waals surface area (Å²) in [4.78, 5) is 0. The van der Waals surface area contributed by atoms with E-state index >= 15 is 0 Å². The van der Waals surface area contributed by atoms with Crippen LogP contribution >= 0.6 is 23.5 Å². The van der Waals surface area contributed by atoms with Crippen LogP contribution in [0.3, 0.4) is 0 Å². The quantitative estimate of drug-likeness (QED) is 0.249. The normalized spacial score (nSPS) is 36.1. The molecular weight excluding hydrogens is 667 g/mol. The number of aromatic nitrogens is 1. The molecule has 6 aliphatic carbocycles. The van der Waals surface area contributed by atoms with Crippen LogP contribution in [0.5, 0.6) is 0 Å². The summed E-state index contributed by atoms with van der Waals surface area (Å²) >= 11 is 4.63. The Hall–Kier alpha value is -3.40. The monoisotopic (exact) mass is 715 g/mol. The van der Waals surface area contributed by atoms with Gasteiger partial charge in [0.1, 0.15) is 0 Å². The van der Waals surface area contributed by atoms with Gasteiger partial charge in [-0.25, -0.2) is 0 Å². The van der Waals surface area contributed by atoms with Crippen molar-refractivity contribution >= 4 is 51.0 Å². The first-order valence-electron chi connectivity index (χ1n) is 20.3. The lowest BCUT2D eigenvalue weighted by Gasteiger charge is -2.65. The van der Waals surface area contributed by atoms with E-state index < -0.39 is 0 Å². The molecule has 1 nitrogen and oxygen atoms in total. The molecule has 8 unspecified atom stereocenters. The zero-order valence-corrected chi connectivity index (χ0v) is 31.7. The highest BCUT2D eigenvalue weighted by atomic mass is 32.2. The number of rotatable bonds is 3. The average Bonchev–Trinajstić information content (AvgIpc) is 3.55. The molecule has 2 saturated heterocycles. The van der Waals surface area contributed by atoms with Crippen LogP contribution < -0.4 is 0 Å². The van der Waals surface area contributed by atoms with Gasteiger partial charge in [-0.3, -0.25) is 0 Å². The molecule has 1 aromatic heterocycles. The van der Waals surface area contributed by atoms with Crippen LogP contribution in [0.1, 0.15) is 75.7 Å². The van der Waals surface area contributed by atoms with Crippen LogP contribution in [0, 0.1) is 23.2 Å². The minimum atomic E-state index is 0.0947. The molecule has 0 radical (unpaired) electrons. The van der Waals surface area contributed by atoms with Gasteiger partial charge < -0.3 is 4.57 Å². The van der Waals surface area contributed by atoms with Crippen LogP contribution in [0.15, 0.2) is 144 Å². The van der Waals surface area contributed by atoms with Crippen LogP contribution in [0.4, 0.5) is 0 Å². The second-order valence-corrected chi connectivity index (χ2v) is 19.2.